The van der Waals surface area contributed by atoms with Gasteiger partial charge in [0.15, 0.2) is 5.75 Å². The van der Waals surface area contributed by atoms with E-state index in [1.165, 1.54) is 11.3 Å². The highest BCUT2D eigenvalue weighted by molar-refractivity contribution is 9.10. The molecule has 0 aliphatic rings. The van der Waals surface area contributed by atoms with Crippen LogP contribution in [0.3, 0.4) is 0 Å². The van der Waals surface area contributed by atoms with Gasteiger partial charge in [-0.2, -0.15) is 0 Å². The zero-order valence-electron chi connectivity index (χ0n) is 4.95. The minimum absolute atomic E-state index is 0.569. The summed E-state index contributed by atoms with van der Waals surface area (Å²) in [5.41, 5.74) is 0. The molecule has 0 bridgehead atoms. The van der Waals surface area contributed by atoms with Gasteiger partial charge in [-0.15, -0.1) is 11.3 Å². The highest BCUT2D eigenvalue weighted by Gasteiger charge is 2.13. The van der Waals surface area contributed by atoms with Gasteiger partial charge in [0.2, 0.25) is 0 Å². The second kappa shape index (κ2) is 3.30. The van der Waals surface area contributed by atoms with Crippen LogP contribution in [0.1, 0.15) is 0 Å². The van der Waals surface area contributed by atoms with Crippen LogP contribution in [0.25, 0.3) is 0 Å². The minimum atomic E-state index is 0.569. The van der Waals surface area contributed by atoms with Crippen LogP contribution < -0.4 is 4.74 Å². The van der Waals surface area contributed by atoms with Crippen molar-refractivity contribution in [1.82, 2.24) is 0 Å². The van der Waals surface area contributed by atoms with Crippen molar-refractivity contribution >= 4 is 50.5 Å². The van der Waals surface area contributed by atoms with E-state index < -0.39 is 0 Å². The lowest BCUT2D eigenvalue weighted by atomic mass is 10.6. The fourth-order valence-corrected chi connectivity index (χ4v) is 2.82. The number of rotatable bonds is 1. The van der Waals surface area contributed by atoms with Gasteiger partial charge in [0.1, 0.15) is 8.67 Å². The molecule has 0 fully saturated rings. The van der Waals surface area contributed by atoms with Crippen molar-refractivity contribution in [3.05, 3.63) is 13.1 Å². The zero-order chi connectivity index (χ0) is 7.72. The molecule has 0 radical (unpaired) electrons. The molecule has 0 aliphatic carbocycles. The summed E-state index contributed by atoms with van der Waals surface area (Å²) in [6.45, 7) is 0. The summed E-state index contributed by atoms with van der Waals surface area (Å²) in [6.07, 6.45) is 0. The molecule has 0 spiro atoms. The van der Waals surface area contributed by atoms with E-state index in [2.05, 4.69) is 15.9 Å². The van der Waals surface area contributed by atoms with Crippen LogP contribution >= 0.6 is 50.5 Å². The fraction of sp³-hybridized carbons (Fsp3) is 0.200. The molecule has 0 saturated heterocycles. The van der Waals surface area contributed by atoms with E-state index in [9.17, 15) is 0 Å². The lowest BCUT2D eigenvalue weighted by Gasteiger charge is -1.94. The molecule has 1 rings (SSSR count). The van der Waals surface area contributed by atoms with Crippen LogP contribution in [-0.4, -0.2) is 7.11 Å². The van der Waals surface area contributed by atoms with Crippen molar-refractivity contribution in [1.29, 1.82) is 0 Å². The molecule has 1 aromatic rings. The molecule has 1 aromatic heterocycles. The van der Waals surface area contributed by atoms with Gasteiger partial charge in [0.25, 0.3) is 0 Å². The standard InChI is InChI=1S/C5H3BrCl2OS/c1-9-3-2(6)4(7)10-5(3)8/h1H3. The molecule has 1 nitrogen and oxygen atoms in total. The van der Waals surface area contributed by atoms with Crippen LogP contribution in [0, 0.1) is 0 Å². The maximum atomic E-state index is 5.73. The third kappa shape index (κ3) is 1.42. The summed E-state index contributed by atoms with van der Waals surface area (Å²) >= 11 is 16.0. The molecule has 56 valence electrons. The molecule has 0 aliphatic heterocycles. The van der Waals surface area contributed by atoms with Crippen molar-refractivity contribution in [2.45, 2.75) is 0 Å². The monoisotopic (exact) mass is 260 g/mol. The van der Waals surface area contributed by atoms with E-state index in [1.54, 1.807) is 7.11 Å². The van der Waals surface area contributed by atoms with Crippen LogP contribution in [0.15, 0.2) is 4.47 Å². The molecule has 0 N–H and O–H groups in total. The smallest absolute Gasteiger partial charge is 0.164 e. The maximum absolute atomic E-state index is 5.73. The SMILES string of the molecule is COc1c(Cl)sc(Cl)c1Br. The third-order valence-corrected chi connectivity index (χ3v) is 3.75. The number of halogens is 3. The van der Waals surface area contributed by atoms with Crippen LogP contribution in [0.5, 0.6) is 5.75 Å². The Morgan fingerprint density at radius 1 is 1.40 bits per heavy atom. The first-order valence-corrected chi connectivity index (χ1v) is 4.70. The Labute approximate surface area is 81.0 Å². The first-order chi connectivity index (χ1) is 4.66. The lowest BCUT2D eigenvalue weighted by Crippen LogP contribution is -1.79. The van der Waals surface area contributed by atoms with E-state index in [1.807, 2.05) is 0 Å². The van der Waals surface area contributed by atoms with Gasteiger partial charge in [-0.05, 0) is 15.9 Å². The Balaban J connectivity index is 3.20. The highest BCUT2D eigenvalue weighted by atomic mass is 79.9. The predicted octanol–water partition coefficient (Wildman–Crippen LogP) is 3.83. The molecule has 0 saturated carbocycles. The Morgan fingerprint density at radius 3 is 2.20 bits per heavy atom. The number of thiophene rings is 1. The Kier molecular flexibility index (Phi) is 2.86. The number of hydrogen-bond acceptors (Lipinski definition) is 2. The van der Waals surface area contributed by atoms with E-state index in [4.69, 9.17) is 27.9 Å². The lowest BCUT2D eigenvalue weighted by molar-refractivity contribution is 0.414. The summed E-state index contributed by atoms with van der Waals surface area (Å²) in [6, 6.07) is 0. The third-order valence-electron chi connectivity index (χ3n) is 0.934. The summed E-state index contributed by atoms with van der Waals surface area (Å²) in [5.74, 6) is 0.608. The van der Waals surface area contributed by atoms with Crippen LogP contribution in [-0.2, 0) is 0 Å². The van der Waals surface area contributed by atoms with Crippen molar-refractivity contribution < 1.29 is 4.74 Å². The Hall–Kier alpha value is 0.560. The predicted molar refractivity (Wildman–Crippen MR) is 48.6 cm³/mol. The van der Waals surface area contributed by atoms with Gasteiger partial charge < -0.3 is 4.74 Å². The van der Waals surface area contributed by atoms with Gasteiger partial charge in [-0.3, -0.25) is 0 Å². The Bertz CT molecular complexity index is 248. The second-order valence-electron chi connectivity index (χ2n) is 1.50. The molecular formula is C5H3BrCl2OS. The molecule has 10 heavy (non-hydrogen) atoms. The summed E-state index contributed by atoms with van der Waals surface area (Å²) in [7, 11) is 1.55. The largest absolute Gasteiger partial charge is 0.493 e. The number of methoxy groups -OCH3 is 1. The Morgan fingerprint density at radius 2 is 2.00 bits per heavy atom. The fourth-order valence-electron chi connectivity index (χ4n) is 0.515. The molecule has 0 atom stereocenters. The van der Waals surface area contributed by atoms with Crippen molar-refractivity contribution in [3.63, 3.8) is 0 Å². The first-order valence-electron chi connectivity index (χ1n) is 2.34. The van der Waals surface area contributed by atoms with E-state index in [-0.39, 0.29) is 0 Å². The van der Waals surface area contributed by atoms with Crippen LogP contribution in [0.2, 0.25) is 8.67 Å². The van der Waals surface area contributed by atoms with Crippen molar-refractivity contribution in [3.8, 4) is 5.75 Å². The average molecular weight is 262 g/mol. The molecule has 1 heterocycles. The van der Waals surface area contributed by atoms with Gasteiger partial charge >= 0.3 is 0 Å². The van der Waals surface area contributed by atoms with Crippen molar-refractivity contribution in [2.24, 2.45) is 0 Å². The van der Waals surface area contributed by atoms with E-state index >= 15 is 0 Å². The molecule has 5 heteroatoms. The van der Waals surface area contributed by atoms with Gasteiger partial charge in [0.05, 0.1) is 11.6 Å². The van der Waals surface area contributed by atoms with Gasteiger partial charge in [0, 0.05) is 0 Å². The summed E-state index contributed by atoms with van der Waals surface area (Å²) in [4.78, 5) is 0. The van der Waals surface area contributed by atoms with E-state index in [0.717, 1.165) is 4.47 Å². The zero-order valence-corrected chi connectivity index (χ0v) is 8.86. The second-order valence-corrected chi connectivity index (χ2v) is 4.51. The molecular weight excluding hydrogens is 259 g/mol. The summed E-state index contributed by atoms with van der Waals surface area (Å²) < 4.78 is 6.85. The average Bonchev–Trinajstić information content (AvgIpc) is 2.09. The maximum Gasteiger partial charge on any atom is 0.164 e. The van der Waals surface area contributed by atoms with E-state index in [0.29, 0.717) is 14.4 Å². The molecule has 0 unspecified atom stereocenters. The minimum Gasteiger partial charge on any atom is -0.493 e. The van der Waals surface area contributed by atoms with Crippen molar-refractivity contribution in [2.75, 3.05) is 7.11 Å². The van der Waals surface area contributed by atoms with Crippen LogP contribution in [0.4, 0.5) is 0 Å². The normalized spacial score (nSPS) is 10.0. The highest BCUT2D eigenvalue weighted by Crippen LogP contribution is 2.45. The van der Waals surface area contributed by atoms with Gasteiger partial charge in [-0.1, -0.05) is 23.2 Å². The molecule has 0 aromatic carbocycles. The quantitative estimate of drug-likeness (QED) is 0.747. The molecule has 0 amide bonds. The summed E-state index contributed by atoms with van der Waals surface area (Å²) in [5, 5.41) is 0. The first kappa shape index (κ1) is 8.65. The number of ether oxygens (including phenoxy) is 1. The number of hydrogen-bond donors (Lipinski definition) is 0. The van der Waals surface area contributed by atoms with Gasteiger partial charge in [-0.25, -0.2) is 0 Å². The topological polar surface area (TPSA) is 9.23 Å².